The van der Waals surface area contributed by atoms with Gasteiger partial charge in [0.05, 0.1) is 5.69 Å². The maximum absolute atomic E-state index is 4.78. The Morgan fingerprint density at radius 3 is 2.88 bits per heavy atom. The van der Waals surface area contributed by atoms with Gasteiger partial charge in [0.1, 0.15) is 5.82 Å². The second-order valence-corrected chi connectivity index (χ2v) is 5.18. The molecule has 1 N–H and O–H groups in total. The van der Waals surface area contributed by atoms with Crippen LogP contribution in [0.15, 0.2) is 0 Å². The molecule has 0 saturated carbocycles. The smallest absolute Gasteiger partial charge is 0.109 e. The van der Waals surface area contributed by atoms with E-state index in [9.17, 15) is 0 Å². The van der Waals surface area contributed by atoms with Crippen LogP contribution < -0.4 is 5.32 Å². The van der Waals surface area contributed by atoms with Crippen molar-refractivity contribution in [2.45, 2.75) is 39.3 Å². The van der Waals surface area contributed by atoms with Crippen molar-refractivity contribution in [1.29, 1.82) is 0 Å². The summed E-state index contributed by atoms with van der Waals surface area (Å²) in [5, 5.41) is 3.40. The first-order chi connectivity index (χ1) is 8.13. The molecule has 17 heavy (non-hydrogen) atoms. The second kappa shape index (κ2) is 5.19. The summed E-state index contributed by atoms with van der Waals surface area (Å²) in [6.07, 6.45) is 2.13. The van der Waals surface area contributed by atoms with Crippen molar-refractivity contribution in [1.82, 2.24) is 19.8 Å². The fourth-order valence-corrected chi connectivity index (χ4v) is 2.77. The molecule has 1 aliphatic heterocycles. The quantitative estimate of drug-likeness (QED) is 0.853. The zero-order valence-electron chi connectivity index (χ0n) is 11.5. The Kier molecular flexibility index (Phi) is 3.84. The molecule has 1 unspecified atom stereocenters. The number of fused-ring (bicyclic) bond motifs is 1. The number of hydrogen-bond donors (Lipinski definition) is 1. The summed E-state index contributed by atoms with van der Waals surface area (Å²) >= 11 is 0. The predicted octanol–water partition coefficient (Wildman–Crippen LogP) is 1.21. The number of likely N-dealkylation sites (N-methyl/N-ethyl adjacent to an activating group) is 1. The van der Waals surface area contributed by atoms with Crippen LogP contribution >= 0.6 is 0 Å². The van der Waals surface area contributed by atoms with Gasteiger partial charge in [0.15, 0.2) is 0 Å². The van der Waals surface area contributed by atoms with Crippen LogP contribution in [0.5, 0.6) is 0 Å². The molecule has 0 aromatic carbocycles. The molecular weight excluding hydrogens is 212 g/mol. The Labute approximate surface area is 104 Å². The van der Waals surface area contributed by atoms with Crippen LogP contribution in [0.4, 0.5) is 0 Å². The Bertz CT molecular complexity index is 381. The van der Waals surface area contributed by atoms with Crippen LogP contribution in [0.25, 0.3) is 0 Å². The van der Waals surface area contributed by atoms with Gasteiger partial charge in [-0.2, -0.15) is 0 Å². The van der Waals surface area contributed by atoms with Crippen molar-refractivity contribution in [3.05, 3.63) is 17.2 Å². The first kappa shape index (κ1) is 12.6. The third-order valence-electron chi connectivity index (χ3n) is 3.38. The van der Waals surface area contributed by atoms with E-state index in [1.807, 2.05) is 0 Å². The summed E-state index contributed by atoms with van der Waals surface area (Å²) in [6, 6.07) is 0.509. The molecule has 96 valence electrons. The highest BCUT2D eigenvalue weighted by molar-refractivity contribution is 5.21. The minimum Gasteiger partial charge on any atom is -0.328 e. The Balaban J connectivity index is 2.33. The van der Waals surface area contributed by atoms with Gasteiger partial charge in [-0.05, 0) is 21.0 Å². The zero-order chi connectivity index (χ0) is 12.4. The van der Waals surface area contributed by atoms with Gasteiger partial charge in [-0.25, -0.2) is 4.98 Å². The Morgan fingerprint density at radius 2 is 2.24 bits per heavy atom. The third-order valence-corrected chi connectivity index (χ3v) is 3.38. The molecule has 1 aliphatic rings. The minimum atomic E-state index is 0.509. The van der Waals surface area contributed by atoms with Crippen LogP contribution in [0, 0.1) is 0 Å². The van der Waals surface area contributed by atoms with Gasteiger partial charge in [0.25, 0.3) is 0 Å². The number of aryl methyl sites for hydroxylation is 1. The van der Waals surface area contributed by atoms with Gasteiger partial charge >= 0.3 is 0 Å². The fourth-order valence-electron chi connectivity index (χ4n) is 2.77. The van der Waals surface area contributed by atoms with Crippen molar-refractivity contribution >= 4 is 0 Å². The average molecular weight is 236 g/mol. The average Bonchev–Trinajstić information content (AvgIpc) is 2.66. The van der Waals surface area contributed by atoms with E-state index >= 15 is 0 Å². The van der Waals surface area contributed by atoms with E-state index in [1.54, 1.807) is 0 Å². The van der Waals surface area contributed by atoms with Gasteiger partial charge < -0.3 is 14.8 Å². The van der Waals surface area contributed by atoms with Crippen molar-refractivity contribution in [2.75, 3.05) is 27.2 Å². The monoisotopic (exact) mass is 236 g/mol. The van der Waals surface area contributed by atoms with E-state index in [0.717, 1.165) is 32.5 Å². The molecule has 2 heterocycles. The summed E-state index contributed by atoms with van der Waals surface area (Å²) in [5.74, 6) is 1.24. The van der Waals surface area contributed by atoms with Crippen LogP contribution in [0.3, 0.4) is 0 Å². The van der Waals surface area contributed by atoms with E-state index < -0.39 is 0 Å². The van der Waals surface area contributed by atoms with E-state index in [1.165, 1.54) is 17.2 Å². The molecule has 0 fully saturated rings. The van der Waals surface area contributed by atoms with E-state index in [0.29, 0.717) is 6.04 Å². The lowest BCUT2D eigenvalue weighted by atomic mass is 10.1. The Hall–Kier alpha value is -0.870. The van der Waals surface area contributed by atoms with Crippen molar-refractivity contribution < 1.29 is 0 Å². The first-order valence-corrected chi connectivity index (χ1v) is 6.57. The second-order valence-electron chi connectivity index (χ2n) is 5.18. The lowest BCUT2D eigenvalue weighted by Crippen LogP contribution is -2.28. The molecule has 0 amide bonds. The van der Waals surface area contributed by atoms with E-state index in [-0.39, 0.29) is 0 Å². The zero-order valence-corrected chi connectivity index (χ0v) is 11.5. The molecule has 1 aromatic heterocycles. The normalized spacial score (nSPS) is 17.2. The Morgan fingerprint density at radius 1 is 1.47 bits per heavy atom. The van der Waals surface area contributed by atoms with E-state index in [4.69, 9.17) is 4.98 Å². The highest BCUT2D eigenvalue weighted by Gasteiger charge is 2.21. The van der Waals surface area contributed by atoms with Crippen LogP contribution in [-0.4, -0.2) is 41.6 Å². The summed E-state index contributed by atoms with van der Waals surface area (Å²) in [4.78, 5) is 7.03. The van der Waals surface area contributed by atoms with Gasteiger partial charge in [-0.1, -0.05) is 6.92 Å². The molecule has 0 radical (unpaired) electrons. The lowest BCUT2D eigenvalue weighted by molar-refractivity contribution is 0.327. The van der Waals surface area contributed by atoms with Gasteiger partial charge in [-0.3, -0.25) is 0 Å². The molecular formula is C13H24N4. The van der Waals surface area contributed by atoms with Crippen molar-refractivity contribution in [3.63, 3.8) is 0 Å². The molecule has 0 bridgehead atoms. The first-order valence-electron chi connectivity index (χ1n) is 6.57. The number of nitrogens with one attached hydrogen (secondary N) is 1. The molecule has 1 atom stereocenters. The summed E-state index contributed by atoms with van der Waals surface area (Å²) in [7, 11) is 4.26. The summed E-state index contributed by atoms with van der Waals surface area (Å²) < 4.78 is 2.47. The topological polar surface area (TPSA) is 33.1 Å². The number of aromatic nitrogens is 2. The largest absolute Gasteiger partial charge is 0.328 e. The molecule has 0 spiro atoms. The standard InChI is InChI=1S/C13H24N4/c1-5-13-15-11-8-14-7-6-12(11)17(13)10(2)9-16(3)4/h10,14H,5-9H2,1-4H3. The molecule has 2 rings (SSSR count). The summed E-state index contributed by atoms with van der Waals surface area (Å²) in [6.45, 7) is 7.58. The molecule has 0 aliphatic carbocycles. The predicted molar refractivity (Wildman–Crippen MR) is 70.3 cm³/mol. The highest BCUT2D eigenvalue weighted by atomic mass is 15.2. The molecule has 1 aromatic rings. The van der Waals surface area contributed by atoms with Crippen LogP contribution in [0.2, 0.25) is 0 Å². The number of nitrogens with zero attached hydrogens (tertiary/aromatic N) is 3. The highest BCUT2D eigenvalue weighted by Crippen LogP contribution is 2.21. The van der Waals surface area contributed by atoms with Gasteiger partial charge in [-0.15, -0.1) is 0 Å². The molecule has 0 saturated heterocycles. The van der Waals surface area contributed by atoms with E-state index in [2.05, 4.69) is 42.7 Å². The SMILES string of the molecule is CCc1nc2c(n1C(C)CN(C)C)CCNC2. The van der Waals surface area contributed by atoms with Crippen LogP contribution in [0.1, 0.15) is 37.1 Å². The number of rotatable bonds is 4. The molecule has 4 heteroatoms. The maximum atomic E-state index is 4.78. The minimum absolute atomic E-state index is 0.509. The maximum Gasteiger partial charge on any atom is 0.109 e. The summed E-state index contributed by atoms with van der Waals surface area (Å²) in [5.41, 5.74) is 2.72. The molecule has 4 nitrogen and oxygen atoms in total. The lowest BCUT2D eigenvalue weighted by Gasteiger charge is -2.24. The fraction of sp³-hybridized carbons (Fsp3) is 0.769. The van der Waals surface area contributed by atoms with Crippen molar-refractivity contribution in [3.8, 4) is 0 Å². The number of hydrogen-bond acceptors (Lipinski definition) is 3. The van der Waals surface area contributed by atoms with Crippen LogP contribution in [-0.2, 0) is 19.4 Å². The van der Waals surface area contributed by atoms with Gasteiger partial charge in [0, 0.05) is 44.2 Å². The third kappa shape index (κ3) is 2.53. The van der Waals surface area contributed by atoms with Crippen molar-refractivity contribution in [2.24, 2.45) is 0 Å². The van der Waals surface area contributed by atoms with Gasteiger partial charge in [0.2, 0.25) is 0 Å². The number of imidazole rings is 1.